The number of carbonyl (C=O) groups excluding carboxylic acids is 1. The fourth-order valence-electron chi connectivity index (χ4n) is 2.87. The number of rotatable bonds is 5. The summed E-state index contributed by atoms with van der Waals surface area (Å²) in [6, 6.07) is 9.56. The summed E-state index contributed by atoms with van der Waals surface area (Å²) >= 11 is 3.11. The number of halogens is 1. The molecule has 2 atom stereocenters. The van der Waals surface area contributed by atoms with E-state index in [9.17, 15) is 4.79 Å². The smallest absolute Gasteiger partial charge is 0.329 e. The molecule has 1 heterocycles. The summed E-state index contributed by atoms with van der Waals surface area (Å²) < 4.78 is 5.81. The monoisotopic (exact) mass is 377 g/mol. The molecule has 23 heavy (non-hydrogen) atoms. The van der Waals surface area contributed by atoms with E-state index < -0.39 is 5.60 Å². The number of hydrogen-bond acceptors (Lipinski definition) is 3. The van der Waals surface area contributed by atoms with Gasteiger partial charge in [-0.1, -0.05) is 43.7 Å². The lowest BCUT2D eigenvalue weighted by Gasteiger charge is -2.35. The van der Waals surface area contributed by atoms with Crippen molar-refractivity contribution in [3.05, 3.63) is 35.9 Å². The number of benzene rings is 1. The van der Waals surface area contributed by atoms with Crippen LogP contribution < -0.4 is 0 Å². The minimum Gasteiger partial charge on any atom is -0.445 e. The van der Waals surface area contributed by atoms with E-state index in [0.717, 1.165) is 31.5 Å². The second kappa shape index (κ2) is 8.52. The largest absolute Gasteiger partial charge is 0.445 e. The van der Waals surface area contributed by atoms with Gasteiger partial charge < -0.3 is 4.74 Å². The van der Waals surface area contributed by atoms with Crippen LogP contribution in [0.15, 0.2) is 30.3 Å². The molecule has 1 fully saturated rings. The Hall–Kier alpha value is -1.31. The highest BCUT2D eigenvalue weighted by Crippen LogP contribution is 2.28. The standard InChI is InChI=1S/C19H24BrNO2/c1-3-19(2,12-13-20)23-18(22)17(16-10-6-4-7-11-16)21-14-8-5-9-15-21/h4,6-7,10-11,17H,3,5,8-9,14-15H2,1-2H3. The molecule has 1 aliphatic heterocycles. The highest BCUT2D eigenvalue weighted by atomic mass is 79.9. The van der Waals surface area contributed by atoms with Crippen molar-refractivity contribution in [2.45, 2.75) is 51.2 Å². The lowest BCUT2D eigenvalue weighted by molar-refractivity contribution is -0.160. The zero-order chi connectivity index (χ0) is 16.7. The SMILES string of the molecule is CCC(C)(C#CBr)OC(=O)C(c1ccccc1)N1CCCCC1. The molecule has 3 nitrogen and oxygen atoms in total. The molecule has 2 rings (SSSR count). The van der Waals surface area contributed by atoms with Crippen molar-refractivity contribution in [2.24, 2.45) is 0 Å². The first kappa shape index (κ1) is 18.0. The van der Waals surface area contributed by atoms with Gasteiger partial charge in [0.1, 0.15) is 6.04 Å². The summed E-state index contributed by atoms with van der Waals surface area (Å²) in [4.78, 5) is 17.9. The summed E-state index contributed by atoms with van der Waals surface area (Å²) in [7, 11) is 0. The van der Waals surface area contributed by atoms with Crippen molar-refractivity contribution >= 4 is 21.9 Å². The third-order valence-electron chi connectivity index (χ3n) is 4.41. The zero-order valence-electron chi connectivity index (χ0n) is 13.8. The molecule has 0 amide bonds. The Balaban J connectivity index is 2.25. The predicted molar refractivity (Wildman–Crippen MR) is 96.1 cm³/mol. The Morgan fingerprint density at radius 3 is 2.52 bits per heavy atom. The molecular formula is C19H24BrNO2. The van der Waals surface area contributed by atoms with E-state index in [1.165, 1.54) is 6.42 Å². The molecule has 0 radical (unpaired) electrons. The Morgan fingerprint density at radius 2 is 1.96 bits per heavy atom. The molecule has 0 N–H and O–H groups in total. The van der Waals surface area contributed by atoms with E-state index in [-0.39, 0.29) is 12.0 Å². The molecule has 1 aliphatic rings. The summed E-state index contributed by atoms with van der Waals surface area (Å²) in [5.74, 6) is 2.74. The summed E-state index contributed by atoms with van der Waals surface area (Å²) in [5, 5.41) is 0. The molecule has 0 aliphatic carbocycles. The van der Waals surface area contributed by atoms with Crippen LogP contribution in [0.2, 0.25) is 0 Å². The van der Waals surface area contributed by atoms with Crippen LogP contribution in [-0.2, 0) is 9.53 Å². The quantitative estimate of drug-likeness (QED) is 0.566. The second-order valence-electron chi connectivity index (χ2n) is 6.13. The minimum atomic E-state index is -0.761. The van der Waals surface area contributed by atoms with Crippen LogP contribution in [0.1, 0.15) is 51.1 Å². The maximum absolute atomic E-state index is 12.9. The van der Waals surface area contributed by atoms with Crippen molar-refractivity contribution in [3.63, 3.8) is 0 Å². The average molecular weight is 378 g/mol. The molecule has 4 heteroatoms. The number of piperidine rings is 1. The Morgan fingerprint density at radius 1 is 1.30 bits per heavy atom. The third kappa shape index (κ3) is 4.83. The van der Waals surface area contributed by atoms with Crippen molar-refractivity contribution < 1.29 is 9.53 Å². The van der Waals surface area contributed by atoms with Crippen LogP contribution in [0, 0.1) is 10.8 Å². The van der Waals surface area contributed by atoms with Gasteiger partial charge in [-0.3, -0.25) is 4.90 Å². The lowest BCUT2D eigenvalue weighted by atomic mass is 10.0. The normalized spacial score (nSPS) is 19.1. The lowest BCUT2D eigenvalue weighted by Crippen LogP contribution is -2.41. The number of ether oxygens (including phenoxy) is 1. The molecule has 1 aromatic carbocycles. The molecule has 0 saturated carbocycles. The van der Waals surface area contributed by atoms with Gasteiger partial charge in [0.25, 0.3) is 0 Å². The topological polar surface area (TPSA) is 29.5 Å². The Kier molecular flexibility index (Phi) is 6.68. The number of esters is 1. The van der Waals surface area contributed by atoms with E-state index in [1.807, 2.05) is 44.2 Å². The van der Waals surface area contributed by atoms with Gasteiger partial charge in [0.15, 0.2) is 5.60 Å². The molecule has 0 bridgehead atoms. The van der Waals surface area contributed by atoms with Crippen LogP contribution in [0.3, 0.4) is 0 Å². The third-order valence-corrected chi connectivity index (χ3v) is 4.60. The number of nitrogens with zero attached hydrogens (tertiary/aromatic N) is 1. The van der Waals surface area contributed by atoms with E-state index >= 15 is 0 Å². The molecule has 1 aromatic rings. The molecule has 0 aromatic heterocycles. The van der Waals surface area contributed by atoms with Crippen molar-refractivity contribution in [1.29, 1.82) is 0 Å². The highest BCUT2D eigenvalue weighted by Gasteiger charge is 2.34. The van der Waals surface area contributed by atoms with Gasteiger partial charge in [-0.25, -0.2) is 4.79 Å². The number of likely N-dealkylation sites (tertiary alicyclic amines) is 1. The van der Waals surface area contributed by atoms with E-state index in [0.29, 0.717) is 6.42 Å². The first-order valence-corrected chi connectivity index (χ1v) is 9.03. The second-order valence-corrected chi connectivity index (χ2v) is 6.53. The Bertz CT molecular complexity index is 572. The van der Waals surface area contributed by atoms with Crippen LogP contribution >= 0.6 is 15.9 Å². The van der Waals surface area contributed by atoms with Crippen LogP contribution in [0.25, 0.3) is 0 Å². The highest BCUT2D eigenvalue weighted by molar-refractivity contribution is 9.12. The van der Waals surface area contributed by atoms with E-state index in [1.54, 1.807) is 0 Å². The van der Waals surface area contributed by atoms with Gasteiger partial charge in [0, 0.05) is 15.9 Å². The van der Waals surface area contributed by atoms with Crippen LogP contribution in [-0.4, -0.2) is 29.6 Å². The molecule has 1 saturated heterocycles. The summed E-state index contributed by atoms with van der Waals surface area (Å²) in [6.07, 6.45) is 4.14. The summed E-state index contributed by atoms with van der Waals surface area (Å²) in [5.41, 5.74) is 0.230. The van der Waals surface area contributed by atoms with E-state index in [4.69, 9.17) is 4.74 Å². The summed E-state index contributed by atoms with van der Waals surface area (Å²) in [6.45, 7) is 5.70. The van der Waals surface area contributed by atoms with Crippen molar-refractivity contribution in [1.82, 2.24) is 4.90 Å². The van der Waals surface area contributed by atoms with Gasteiger partial charge >= 0.3 is 5.97 Å². The van der Waals surface area contributed by atoms with Gasteiger partial charge in [-0.05, 0) is 55.6 Å². The fraction of sp³-hybridized carbons (Fsp3) is 0.526. The van der Waals surface area contributed by atoms with Gasteiger partial charge in [-0.2, -0.15) is 0 Å². The first-order chi connectivity index (χ1) is 11.1. The minimum absolute atomic E-state index is 0.210. The maximum Gasteiger partial charge on any atom is 0.329 e. The zero-order valence-corrected chi connectivity index (χ0v) is 15.4. The number of hydrogen-bond donors (Lipinski definition) is 0. The molecule has 2 unspecified atom stereocenters. The number of carbonyl (C=O) groups is 1. The van der Waals surface area contributed by atoms with Crippen molar-refractivity contribution in [2.75, 3.05) is 13.1 Å². The van der Waals surface area contributed by atoms with Crippen LogP contribution in [0.4, 0.5) is 0 Å². The van der Waals surface area contributed by atoms with Gasteiger partial charge in [0.05, 0.1) is 0 Å². The molecule has 0 spiro atoms. The van der Waals surface area contributed by atoms with Gasteiger partial charge in [-0.15, -0.1) is 0 Å². The predicted octanol–water partition coefficient (Wildman–Crippen LogP) is 4.28. The molecular weight excluding hydrogens is 354 g/mol. The van der Waals surface area contributed by atoms with E-state index in [2.05, 4.69) is 31.6 Å². The Labute approximate surface area is 147 Å². The maximum atomic E-state index is 12.9. The van der Waals surface area contributed by atoms with Crippen molar-refractivity contribution in [3.8, 4) is 10.8 Å². The fourth-order valence-corrected chi connectivity index (χ4v) is 3.29. The van der Waals surface area contributed by atoms with Gasteiger partial charge in [0.2, 0.25) is 0 Å². The van der Waals surface area contributed by atoms with Crippen LogP contribution in [0.5, 0.6) is 0 Å². The first-order valence-electron chi connectivity index (χ1n) is 8.24. The average Bonchev–Trinajstić information content (AvgIpc) is 2.57. The molecule has 124 valence electrons.